The van der Waals surface area contributed by atoms with E-state index in [9.17, 15) is 27.2 Å². The zero-order chi connectivity index (χ0) is 24.5. The van der Waals surface area contributed by atoms with Crippen LogP contribution in [0.4, 0.5) is 28.9 Å². The quantitative estimate of drug-likeness (QED) is 0.341. The van der Waals surface area contributed by atoms with Gasteiger partial charge in [-0.25, -0.2) is 17.6 Å². The van der Waals surface area contributed by atoms with E-state index in [0.717, 1.165) is 36.4 Å². The number of carbonyl (C=O) groups excluding carboxylic acids is 2. The number of hydrogen-bond acceptors (Lipinski definition) is 2. The second-order valence-corrected chi connectivity index (χ2v) is 6.89. The molecule has 0 aliphatic rings. The molecule has 4 aromatic rings. The van der Waals surface area contributed by atoms with Crippen LogP contribution in [0.25, 0.3) is 0 Å². The van der Waals surface area contributed by atoms with Crippen LogP contribution in [0.3, 0.4) is 0 Å². The number of nitrogens with one attached hydrogen (secondary N) is 2. The molecule has 8 heteroatoms. The predicted octanol–water partition coefficient (Wildman–Crippen LogP) is 6.43. The first-order valence-corrected chi connectivity index (χ1v) is 9.96. The van der Waals surface area contributed by atoms with Crippen molar-refractivity contribution in [3.05, 3.63) is 131 Å². The first-order chi connectivity index (χ1) is 16.3. The number of anilines is 2. The summed E-state index contributed by atoms with van der Waals surface area (Å²) in [6, 6.07) is 22.7. The Morgan fingerprint density at radius 1 is 0.500 bits per heavy atom. The maximum absolute atomic E-state index is 13.3. The molecule has 0 aliphatic heterocycles. The van der Waals surface area contributed by atoms with Crippen molar-refractivity contribution in [2.45, 2.75) is 0 Å². The third-order valence-electron chi connectivity index (χ3n) is 4.41. The van der Waals surface area contributed by atoms with E-state index in [-0.39, 0.29) is 11.1 Å². The zero-order valence-electron chi connectivity index (χ0n) is 17.6. The fourth-order valence-electron chi connectivity index (χ4n) is 2.78. The Morgan fingerprint density at radius 3 is 1.21 bits per heavy atom. The minimum Gasteiger partial charge on any atom is -0.322 e. The van der Waals surface area contributed by atoms with E-state index >= 15 is 0 Å². The Morgan fingerprint density at radius 2 is 0.853 bits per heavy atom. The Labute approximate surface area is 192 Å². The highest BCUT2D eigenvalue weighted by Gasteiger charge is 2.13. The first kappa shape index (κ1) is 24.2. The summed E-state index contributed by atoms with van der Waals surface area (Å²) in [5.74, 6) is -4.14. The number of benzene rings is 4. The second-order valence-electron chi connectivity index (χ2n) is 6.89. The molecule has 0 radical (unpaired) electrons. The smallest absolute Gasteiger partial charge is 0.258 e. The van der Waals surface area contributed by atoms with Crippen molar-refractivity contribution in [1.82, 2.24) is 0 Å². The molecule has 4 nitrogen and oxygen atoms in total. The molecule has 4 aromatic carbocycles. The summed E-state index contributed by atoms with van der Waals surface area (Å²) in [6.07, 6.45) is 0. The Kier molecular flexibility index (Phi) is 8.12. The maximum atomic E-state index is 13.3. The molecule has 0 fully saturated rings. The topological polar surface area (TPSA) is 58.2 Å². The van der Waals surface area contributed by atoms with Crippen LogP contribution in [0.5, 0.6) is 0 Å². The molecule has 172 valence electrons. The molecule has 2 amide bonds. The SMILES string of the molecule is O=C(Nc1ccccc1)c1cc(F)ccc1F.O=C(Nc1ccccc1)c1cc(F)ccc1F. The Bertz CT molecular complexity index is 1180. The standard InChI is InChI=1S/2C13H9F2NO/c2*14-9-6-7-12(15)11(8-9)13(17)16-10-4-2-1-3-5-10/h2*1-8H,(H,16,17). The molecule has 0 aliphatic carbocycles. The lowest BCUT2D eigenvalue weighted by Gasteiger charge is -2.05. The van der Waals surface area contributed by atoms with Gasteiger partial charge >= 0.3 is 0 Å². The normalized spacial score (nSPS) is 10.0. The fourth-order valence-corrected chi connectivity index (χ4v) is 2.78. The molecule has 0 unspecified atom stereocenters. The zero-order valence-corrected chi connectivity index (χ0v) is 17.6. The predicted molar refractivity (Wildman–Crippen MR) is 122 cm³/mol. The van der Waals surface area contributed by atoms with Gasteiger partial charge in [0, 0.05) is 11.4 Å². The summed E-state index contributed by atoms with van der Waals surface area (Å²) in [6.45, 7) is 0. The molecular weight excluding hydrogens is 448 g/mol. The van der Waals surface area contributed by atoms with E-state index in [4.69, 9.17) is 0 Å². The monoisotopic (exact) mass is 466 g/mol. The third kappa shape index (κ3) is 6.77. The van der Waals surface area contributed by atoms with Crippen molar-refractivity contribution in [2.75, 3.05) is 10.6 Å². The molecule has 0 aromatic heterocycles. The molecule has 0 heterocycles. The van der Waals surface area contributed by atoms with E-state index in [1.807, 2.05) is 0 Å². The molecule has 0 bridgehead atoms. The highest BCUT2D eigenvalue weighted by molar-refractivity contribution is 6.05. The first-order valence-electron chi connectivity index (χ1n) is 9.96. The minimum atomic E-state index is -0.750. The van der Waals surface area contributed by atoms with Gasteiger partial charge in [0.05, 0.1) is 11.1 Å². The van der Waals surface area contributed by atoms with Crippen LogP contribution in [-0.2, 0) is 0 Å². The third-order valence-corrected chi connectivity index (χ3v) is 4.41. The summed E-state index contributed by atoms with van der Waals surface area (Å²) < 4.78 is 52.4. The van der Waals surface area contributed by atoms with Crippen LogP contribution >= 0.6 is 0 Å². The van der Waals surface area contributed by atoms with Gasteiger partial charge in [0.2, 0.25) is 0 Å². The van der Waals surface area contributed by atoms with Crippen LogP contribution in [0, 0.1) is 23.3 Å². The molecule has 2 N–H and O–H groups in total. The highest BCUT2D eigenvalue weighted by Crippen LogP contribution is 2.14. The number of carbonyl (C=O) groups is 2. The van der Waals surface area contributed by atoms with E-state index in [0.29, 0.717) is 11.4 Å². The van der Waals surface area contributed by atoms with E-state index in [1.54, 1.807) is 60.7 Å². The number of hydrogen-bond donors (Lipinski definition) is 2. The van der Waals surface area contributed by atoms with Crippen molar-refractivity contribution >= 4 is 23.2 Å². The average molecular weight is 466 g/mol. The summed E-state index contributed by atoms with van der Waals surface area (Å²) in [5, 5.41) is 4.96. The van der Waals surface area contributed by atoms with Crippen molar-refractivity contribution in [1.29, 1.82) is 0 Å². The van der Waals surface area contributed by atoms with Crippen molar-refractivity contribution in [3.63, 3.8) is 0 Å². The summed E-state index contributed by atoms with van der Waals surface area (Å²) in [4.78, 5) is 23.3. The highest BCUT2D eigenvalue weighted by atomic mass is 19.1. The summed E-state index contributed by atoms with van der Waals surface area (Å²) in [7, 11) is 0. The lowest BCUT2D eigenvalue weighted by Crippen LogP contribution is -2.13. The largest absolute Gasteiger partial charge is 0.322 e. The Hall–Kier alpha value is -4.46. The van der Waals surface area contributed by atoms with Crippen LogP contribution in [0.15, 0.2) is 97.1 Å². The van der Waals surface area contributed by atoms with Crippen molar-refractivity contribution in [2.24, 2.45) is 0 Å². The van der Waals surface area contributed by atoms with E-state index < -0.39 is 35.1 Å². The van der Waals surface area contributed by atoms with Crippen LogP contribution in [-0.4, -0.2) is 11.8 Å². The molecule has 0 spiro atoms. The number of halogens is 4. The van der Waals surface area contributed by atoms with Gasteiger partial charge in [-0.3, -0.25) is 9.59 Å². The number of amides is 2. The molecule has 0 saturated heterocycles. The summed E-state index contributed by atoms with van der Waals surface area (Å²) in [5.41, 5.74) is 0.435. The van der Waals surface area contributed by atoms with Gasteiger partial charge in [-0.05, 0) is 60.7 Å². The van der Waals surface area contributed by atoms with Gasteiger partial charge in [0.1, 0.15) is 23.3 Å². The van der Waals surface area contributed by atoms with E-state index in [1.165, 1.54) is 0 Å². The molecule has 34 heavy (non-hydrogen) atoms. The average Bonchev–Trinajstić information content (AvgIpc) is 2.84. The number of para-hydroxylation sites is 2. The van der Waals surface area contributed by atoms with Crippen LogP contribution in [0.1, 0.15) is 20.7 Å². The van der Waals surface area contributed by atoms with Crippen molar-refractivity contribution < 1.29 is 27.2 Å². The lowest BCUT2D eigenvalue weighted by atomic mass is 10.2. The Balaban J connectivity index is 0.000000191. The second kappa shape index (κ2) is 11.4. The van der Waals surface area contributed by atoms with Crippen molar-refractivity contribution in [3.8, 4) is 0 Å². The van der Waals surface area contributed by atoms with Gasteiger partial charge in [0.15, 0.2) is 0 Å². The molecule has 4 rings (SSSR count). The van der Waals surface area contributed by atoms with Gasteiger partial charge in [-0.1, -0.05) is 36.4 Å². The van der Waals surface area contributed by atoms with Crippen LogP contribution in [0.2, 0.25) is 0 Å². The van der Waals surface area contributed by atoms with E-state index in [2.05, 4.69) is 10.6 Å². The summed E-state index contributed by atoms with van der Waals surface area (Å²) >= 11 is 0. The van der Waals surface area contributed by atoms with Gasteiger partial charge in [-0.15, -0.1) is 0 Å². The minimum absolute atomic E-state index is 0.311. The number of rotatable bonds is 4. The fraction of sp³-hybridized carbons (Fsp3) is 0. The van der Waals surface area contributed by atoms with Gasteiger partial charge < -0.3 is 10.6 Å². The lowest BCUT2D eigenvalue weighted by molar-refractivity contribution is 0.101. The molecule has 0 saturated carbocycles. The maximum Gasteiger partial charge on any atom is 0.258 e. The van der Waals surface area contributed by atoms with Gasteiger partial charge in [0.25, 0.3) is 11.8 Å². The molecular formula is C26H18F4N2O2. The van der Waals surface area contributed by atoms with Crippen LogP contribution < -0.4 is 10.6 Å². The van der Waals surface area contributed by atoms with Gasteiger partial charge in [-0.2, -0.15) is 0 Å². The molecule has 0 atom stereocenters.